The molecular weight excluding hydrogens is 1300 g/mol. The molecule has 0 radical (unpaired) electrons. The smallest absolute Gasteiger partial charge is 0.341 e. The predicted octanol–water partition coefficient (Wildman–Crippen LogP) is 12.9. The number of ether oxygens (including phenoxy) is 8. The number of cyclic esters (lactones) is 1. The van der Waals surface area contributed by atoms with E-state index in [1.165, 1.54) is 35.3 Å². The molecule has 0 saturated carbocycles. The van der Waals surface area contributed by atoms with Gasteiger partial charge < -0.3 is 43.0 Å². The first-order valence-corrected chi connectivity index (χ1v) is 34.9. The largest absolute Gasteiger partial charge is 0.455 e. The van der Waals surface area contributed by atoms with Crippen LogP contribution in [0.4, 0.5) is 0 Å². The Morgan fingerprint density at radius 2 is 0.901 bits per heavy atom. The Balaban J connectivity index is 0.000000170. The van der Waals surface area contributed by atoms with Gasteiger partial charge in [-0.3, -0.25) is 0 Å². The molecule has 2 saturated heterocycles. The number of rotatable bonds is 25. The summed E-state index contributed by atoms with van der Waals surface area (Å²) in [6.45, 7) is 5.89. The highest BCUT2D eigenvalue weighted by Crippen LogP contribution is 2.50. The van der Waals surface area contributed by atoms with Crippen LogP contribution in [0.2, 0.25) is 0 Å². The highest BCUT2D eigenvalue weighted by Gasteiger charge is 2.67. The first-order valence-electron chi connectivity index (χ1n) is 29.2. The number of thioether (sulfide) groups is 4. The molecule has 2 fully saturated rings. The average Bonchev–Trinajstić information content (AvgIpc) is 1.57. The molecule has 474 valence electrons. The summed E-state index contributed by atoms with van der Waals surface area (Å²) in [5, 5.41) is 24.7. The lowest BCUT2D eigenvalue weighted by atomic mass is 9.87. The lowest BCUT2D eigenvalue weighted by Gasteiger charge is -2.39. The molecule has 0 spiro atoms. The van der Waals surface area contributed by atoms with Gasteiger partial charge in [-0.2, -0.15) is 0 Å². The monoisotopic (exact) mass is 1370 g/mol. The lowest BCUT2D eigenvalue weighted by molar-refractivity contribution is -0.294. The van der Waals surface area contributed by atoms with Gasteiger partial charge in [0.15, 0.2) is 28.6 Å². The van der Waals surface area contributed by atoms with Crippen molar-refractivity contribution in [3.63, 3.8) is 0 Å². The van der Waals surface area contributed by atoms with Crippen LogP contribution in [0.25, 0.3) is 11.3 Å². The summed E-state index contributed by atoms with van der Waals surface area (Å²) >= 11 is 9.35. The summed E-state index contributed by atoms with van der Waals surface area (Å²) in [6.07, 6.45) is 8.49. The van der Waals surface area contributed by atoms with E-state index in [4.69, 9.17) is 43.0 Å². The van der Waals surface area contributed by atoms with Crippen LogP contribution in [0.5, 0.6) is 0 Å². The number of esters is 1. The maximum Gasteiger partial charge on any atom is 0.341 e. The van der Waals surface area contributed by atoms with Crippen molar-refractivity contribution in [1.29, 1.82) is 0 Å². The first kappa shape index (κ1) is 67.3. The van der Waals surface area contributed by atoms with E-state index in [9.17, 15) is 9.90 Å². The summed E-state index contributed by atoms with van der Waals surface area (Å²) in [7, 11) is 0. The molecule has 23 heteroatoms. The zero-order chi connectivity index (χ0) is 63.6. The summed E-state index contributed by atoms with van der Waals surface area (Å²) in [5.74, 6) is -2.46. The highest BCUT2D eigenvalue weighted by atomic mass is 79.9. The van der Waals surface area contributed by atoms with Crippen molar-refractivity contribution < 1.29 is 47.8 Å². The molecular formula is C68H71BrN8O10S4. The number of aliphatic hydroxyl groups is 1. The molecule has 7 atom stereocenters. The highest BCUT2D eigenvalue weighted by molar-refractivity contribution is 9.10. The SMILES string of the molecule is CSc1nc(SC)c2ncc(Br)n2n1.CSc1nc(SC)c2ncc(C3(O)O[C@H](COCc4ccccc4)[C@@H](OCc4ccccc4)[C@@]3(C)OCc3ccccc3)n2n1.C[C@]1(OCc2ccccc2)C(=O)O[C@H](COCc2ccccc2)[C@H]1OCc1ccccc1. The van der Waals surface area contributed by atoms with Gasteiger partial charge in [0.2, 0.25) is 16.1 Å². The van der Waals surface area contributed by atoms with Crippen molar-refractivity contribution in [3.8, 4) is 0 Å². The van der Waals surface area contributed by atoms with E-state index in [1.54, 1.807) is 40.1 Å². The van der Waals surface area contributed by atoms with Crippen LogP contribution < -0.4 is 0 Å². The standard InChI is InChI=1S/C34H36N4O5S2.C27H28O5.C7H7BrN4S2/c1-33(42-22-26-17-11-6-12-18-26)29(41-21-25-15-9-5-10-16-25)27(23-40-20-24-13-7-4-8-14-24)43-34(33,39)28-19-35-30-31(44-2)36-32(45-3)37-38(28)30;1-27(31-19-23-15-9-4-10-16-23)25(30-18-22-13-7-3-8-14-22)24(32-26(27)28)20-29-17-21-11-5-2-6-12-21;1-13-6-5-9-3-4(8)12(5)11-7(10-6)14-2/h4-19,27,29,39H,20-23H2,1-3H3;2-16,24-25H,17-20H2,1H3;3H,1-2H3/t27-,29-,33-,34?;24-,25-,27-;/m11./s1. The topological polar surface area (TPSA) is 197 Å². The molecule has 6 aromatic carbocycles. The van der Waals surface area contributed by atoms with Gasteiger partial charge in [0.1, 0.15) is 38.7 Å². The van der Waals surface area contributed by atoms with Gasteiger partial charge in [0.05, 0.1) is 65.2 Å². The van der Waals surface area contributed by atoms with Crippen molar-refractivity contribution >= 4 is 80.2 Å². The van der Waals surface area contributed by atoms with E-state index in [0.29, 0.717) is 41.3 Å². The molecule has 91 heavy (non-hydrogen) atoms. The number of hydrogen-bond donors (Lipinski definition) is 1. The predicted molar refractivity (Wildman–Crippen MR) is 357 cm³/mol. The minimum absolute atomic E-state index is 0.152. The summed E-state index contributed by atoms with van der Waals surface area (Å²) in [4.78, 5) is 30.7. The van der Waals surface area contributed by atoms with Gasteiger partial charge in [-0.15, -0.1) is 33.7 Å². The molecule has 0 amide bonds. The Kier molecular flexibility index (Phi) is 23.9. The number of carbonyl (C=O) groups is 1. The Hall–Kier alpha value is -6.55. The lowest BCUT2D eigenvalue weighted by Crippen LogP contribution is -2.55. The number of aromatic nitrogens is 8. The minimum Gasteiger partial charge on any atom is -0.455 e. The quantitative estimate of drug-likeness (QED) is 0.0418. The van der Waals surface area contributed by atoms with Crippen LogP contribution in [-0.2, 0) is 88.1 Å². The molecule has 2 aliphatic heterocycles. The third-order valence-electron chi connectivity index (χ3n) is 15.2. The van der Waals surface area contributed by atoms with E-state index in [-0.39, 0.29) is 33.0 Å². The van der Waals surface area contributed by atoms with Crippen LogP contribution in [-0.4, -0.2) is 124 Å². The van der Waals surface area contributed by atoms with Crippen LogP contribution in [0.1, 0.15) is 52.9 Å². The third-order valence-corrected chi connectivity index (χ3v) is 18.1. The Morgan fingerprint density at radius 1 is 0.505 bits per heavy atom. The molecule has 2 aliphatic rings. The first-order chi connectivity index (χ1) is 44.4. The number of imidazole rings is 2. The van der Waals surface area contributed by atoms with E-state index in [0.717, 1.165) is 53.8 Å². The van der Waals surface area contributed by atoms with Gasteiger partial charge >= 0.3 is 5.97 Å². The van der Waals surface area contributed by atoms with Crippen molar-refractivity contribution in [1.82, 2.24) is 39.2 Å². The van der Waals surface area contributed by atoms with Crippen LogP contribution in [0, 0.1) is 0 Å². The van der Waals surface area contributed by atoms with Crippen molar-refractivity contribution in [3.05, 3.63) is 238 Å². The molecule has 1 N–H and O–H groups in total. The number of hydrogen-bond acceptors (Lipinski definition) is 20. The van der Waals surface area contributed by atoms with Gasteiger partial charge in [-0.05, 0) is 88.2 Å². The fraction of sp³-hybridized carbons (Fsp3) is 0.309. The molecule has 10 aromatic rings. The molecule has 6 heterocycles. The average molecular weight is 1370 g/mol. The second-order valence-corrected chi connectivity index (χ2v) is 25.3. The number of nitrogens with zero attached hydrogens (tertiary/aromatic N) is 8. The second kappa shape index (κ2) is 32.3. The molecule has 1 unspecified atom stereocenters. The van der Waals surface area contributed by atoms with Crippen molar-refractivity contribution in [2.24, 2.45) is 0 Å². The Labute approximate surface area is 555 Å². The van der Waals surface area contributed by atoms with E-state index < -0.39 is 47.4 Å². The minimum atomic E-state index is -2.02. The number of halogens is 1. The fourth-order valence-corrected chi connectivity index (χ4v) is 12.5. The van der Waals surface area contributed by atoms with Gasteiger partial charge in [-0.25, -0.2) is 33.8 Å². The maximum atomic E-state index is 12.9. The van der Waals surface area contributed by atoms with Crippen LogP contribution in [0.15, 0.2) is 219 Å². The molecule has 18 nitrogen and oxygen atoms in total. The fourth-order valence-electron chi connectivity index (χ4n) is 10.3. The van der Waals surface area contributed by atoms with Crippen molar-refractivity contribution in [2.75, 3.05) is 38.2 Å². The van der Waals surface area contributed by atoms with Gasteiger partial charge in [0, 0.05) is 0 Å². The van der Waals surface area contributed by atoms with E-state index in [1.807, 2.05) is 214 Å². The van der Waals surface area contributed by atoms with Gasteiger partial charge in [-0.1, -0.05) is 206 Å². The molecule has 0 bridgehead atoms. The van der Waals surface area contributed by atoms with E-state index in [2.05, 4.69) is 41.0 Å². The number of benzene rings is 6. The van der Waals surface area contributed by atoms with Gasteiger partial charge in [0.25, 0.3) is 0 Å². The normalized spacial score (nSPS) is 21.1. The molecule has 4 aromatic heterocycles. The van der Waals surface area contributed by atoms with Crippen molar-refractivity contribution in [2.45, 2.75) is 115 Å². The molecule has 0 aliphatic carbocycles. The Morgan fingerprint density at radius 3 is 1.36 bits per heavy atom. The summed E-state index contributed by atoms with van der Waals surface area (Å²) < 4.78 is 54.3. The second-order valence-electron chi connectivity index (χ2n) is 21.4. The van der Waals surface area contributed by atoms with Crippen LogP contribution >= 0.6 is 63.0 Å². The zero-order valence-corrected chi connectivity index (χ0v) is 56.0. The zero-order valence-electron chi connectivity index (χ0n) is 51.2. The third kappa shape index (κ3) is 16.5. The molecule has 12 rings (SSSR count). The summed E-state index contributed by atoms with van der Waals surface area (Å²) in [6, 6.07) is 59.2. The maximum absolute atomic E-state index is 12.9. The van der Waals surface area contributed by atoms with Crippen LogP contribution in [0.3, 0.4) is 0 Å². The summed E-state index contributed by atoms with van der Waals surface area (Å²) in [5.41, 5.74) is 4.99. The van der Waals surface area contributed by atoms with E-state index >= 15 is 0 Å². The number of carbonyl (C=O) groups excluding carboxylic acids is 1. The Bertz CT molecular complexity index is 3900. The number of fused-ring (bicyclic) bond motifs is 2.